The van der Waals surface area contributed by atoms with Gasteiger partial charge in [-0.15, -0.1) is 0 Å². The van der Waals surface area contributed by atoms with Crippen molar-refractivity contribution in [2.45, 2.75) is 31.7 Å². The molecular weight excluding hydrogens is 388 g/mol. The van der Waals surface area contributed by atoms with Crippen LogP contribution in [0.5, 0.6) is 11.5 Å². The number of carbonyl (C=O) groups excluding carboxylic acids is 1. The van der Waals surface area contributed by atoms with Crippen LogP contribution in [0.2, 0.25) is 5.02 Å². The molecule has 1 fully saturated rings. The normalized spacial score (nSPS) is 15.9. The van der Waals surface area contributed by atoms with Crippen LogP contribution in [0.1, 0.15) is 37.3 Å². The maximum absolute atomic E-state index is 12.4. The van der Waals surface area contributed by atoms with E-state index in [1.54, 1.807) is 31.4 Å². The van der Waals surface area contributed by atoms with Crippen LogP contribution in [-0.4, -0.2) is 44.2 Å². The number of methoxy groups -OCH3 is 1. The van der Waals surface area contributed by atoms with E-state index in [1.807, 2.05) is 18.2 Å². The van der Waals surface area contributed by atoms with Crippen LogP contribution in [0.3, 0.4) is 0 Å². The van der Waals surface area contributed by atoms with Gasteiger partial charge < -0.3 is 14.8 Å². The number of benzene rings is 2. The molecule has 1 unspecified atom stereocenters. The lowest BCUT2D eigenvalue weighted by molar-refractivity contribution is -0.123. The standard InChI is InChI=1S/C23H29ClN2O3/c1-28-18-10-12-19(13-11-18)29-17-23(27)25-16-22(20-8-4-5-9-21(20)24)26-14-6-2-3-7-15-26/h4-5,8-13,22H,2-3,6-7,14-17H2,1H3,(H,25,27). The third-order valence-electron chi connectivity index (χ3n) is 5.27. The molecule has 3 rings (SSSR count). The van der Waals surface area contributed by atoms with Crippen molar-refractivity contribution in [3.63, 3.8) is 0 Å². The van der Waals surface area contributed by atoms with E-state index in [9.17, 15) is 4.79 Å². The van der Waals surface area contributed by atoms with Crippen LogP contribution in [0.15, 0.2) is 48.5 Å². The molecule has 156 valence electrons. The first kappa shape index (κ1) is 21.5. The fourth-order valence-corrected chi connectivity index (χ4v) is 3.93. The summed E-state index contributed by atoms with van der Waals surface area (Å²) in [7, 11) is 1.61. The zero-order chi connectivity index (χ0) is 20.5. The van der Waals surface area contributed by atoms with E-state index in [2.05, 4.69) is 16.3 Å². The zero-order valence-electron chi connectivity index (χ0n) is 16.9. The summed E-state index contributed by atoms with van der Waals surface area (Å²) in [5.41, 5.74) is 1.06. The number of amides is 1. The van der Waals surface area contributed by atoms with Crippen LogP contribution in [0.25, 0.3) is 0 Å². The van der Waals surface area contributed by atoms with Crippen molar-refractivity contribution < 1.29 is 14.3 Å². The molecule has 1 heterocycles. The van der Waals surface area contributed by atoms with Crippen LogP contribution in [-0.2, 0) is 4.79 Å². The Kier molecular flexibility index (Phi) is 8.20. The molecule has 29 heavy (non-hydrogen) atoms. The van der Waals surface area contributed by atoms with Gasteiger partial charge in [-0.2, -0.15) is 0 Å². The third-order valence-corrected chi connectivity index (χ3v) is 5.61. The van der Waals surface area contributed by atoms with E-state index >= 15 is 0 Å². The van der Waals surface area contributed by atoms with Gasteiger partial charge in [-0.3, -0.25) is 9.69 Å². The van der Waals surface area contributed by atoms with Crippen molar-refractivity contribution in [3.05, 3.63) is 59.1 Å². The predicted octanol–water partition coefficient (Wildman–Crippen LogP) is 4.46. The largest absolute Gasteiger partial charge is 0.497 e. The molecule has 0 aromatic heterocycles. The summed E-state index contributed by atoms with van der Waals surface area (Å²) >= 11 is 6.49. The molecule has 1 amide bonds. The SMILES string of the molecule is COc1ccc(OCC(=O)NCC(c2ccccc2Cl)N2CCCCCC2)cc1. The number of hydrogen-bond acceptors (Lipinski definition) is 4. The number of halogens is 1. The van der Waals surface area contributed by atoms with Crippen LogP contribution in [0.4, 0.5) is 0 Å². The Hall–Kier alpha value is -2.24. The van der Waals surface area contributed by atoms with Gasteiger partial charge in [0.15, 0.2) is 6.61 Å². The van der Waals surface area contributed by atoms with Gasteiger partial charge in [0.05, 0.1) is 13.2 Å². The molecule has 1 N–H and O–H groups in total. The molecule has 0 radical (unpaired) electrons. The first-order valence-corrected chi connectivity index (χ1v) is 10.6. The summed E-state index contributed by atoms with van der Waals surface area (Å²) < 4.78 is 10.7. The highest BCUT2D eigenvalue weighted by molar-refractivity contribution is 6.31. The number of rotatable bonds is 8. The maximum atomic E-state index is 12.4. The van der Waals surface area contributed by atoms with Gasteiger partial charge in [-0.1, -0.05) is 42.6 Å². The Morgan fingerprint density at radius 3 is 2.34 bits per heavy atom. The van der Waals surface area contributed by atoms with Crippen molar-refractivity contribution in [1.29, 1.82) is 0 Å². The lowest BCUT2D eigenvalue weighted by Crippen LogP contribution is -2.40. The lowest BCUT2D eigenvalue weighted by atomic mass is 10.0. The second kappa shape index (κ2) is 11.1. The van der Waals surface area contributed by atoms with Crippen molar-refractivity contribution in [2.24, 2.45) is 0 Å². The molecule has 0 spiro atoms. The fraction of sp³-hybridized carbons (Fsp3) is 0.435. The molecular formula is C23H29ClN2O3. The monoisotopic (exact) mass is 416 g/mol. The number of nitrogens with zero attached hydrogens (tertiary/aromatic N) is 1. The fourth-order valence-electron chi connectivity index (χ4n) is 3.67. The second-order valence-corrected chi connectivity index (χ2v) is 7.66. The number of ether oxygens (including phenoxy) is 2. The Labute approximate surface area is 177 Å². The van der Waals surface area contributed by atoms with E-state index in [4.69, 9.17) is 21.1 Å². The van der Waals surface area contributed by atoms with Gasteiger partial charge >= 0.3 is 0 Å². The molecule has 1 aliphatic rings. The van der Waals surface area contributed by atoms with Gasteiger partial charge in [0.25, 0.3) is 5.91 Å². The van der Waals surface area contributed by atoms with Crippen molar-refractivity contribution in [1.82, 2.24) is 10.2 Å². The number of carbonyl (C=O) groups is 1. The summed E-state index contributed by atoms with van der Waals surface area (Å²) in [4.78, 5) is 14.8. The highest BCUT2D eigenvalue weighted by atomic mass is 35.5. The molecule has 5 nitrogen and oxygen atoms in total. The minimum Gasteiger partial charge on any atom is -0.497 e. The van der Waals surface area contributed by atoms with E-state index in [0.717, 1.165) is 29.4 Å². The number of hydrogen-bond donors (Lipinski definition) is 1. The average Bonchev–Trinajstić information content (AvgIpc) is 3.03. The van der Waals surface area contributed by atoms with Crippen molar-refractivity contribution >= 4 is 17.5 Å². The highest BCUT2D eigenvalue weighted by Gasteiger charge is 2.24. The zero-order valence-corrected chi connectivity index (χ0v) is 17.7. The van der Waals surface area contributed by atoms with Crippen molar-refractivity contribution in [3.8, 4) is 11.5 Å². The quantitative estimate of drug-likeness (QED) is 0.690. The first-order valence-electron chi connectivity index (χ1n) is 10.2. The van der Waals surface area contributed by atoms with Gasteiger partial charge in [0.2, 0.25) is 0 Å². The maximum Gasteiger partial charge on any atom is 0.258 e. The summed E-state index contributed by atoms with van der Waals surface area (Å²) in [6.07, 6.45) is 4.87. The molecule has 2 aromatic rings. The molecule has 0 bridgehead atoms. The number of likely N-dealkylation sites (tertiary alicyclic amines) is 1. The third kappa shape index (κ3) is 6.38. The summed E-state index contributed by atoms with van der Waals surface area (Å²) in [6.45, 7) is 2.53. The molecule has 2 aromatic carbocycles. The summed E-state index contributed by atoms with van der Waals surface area (Å²) in [5.74, 6) is 1.24. The van der Waals surface area contributed by atoms with Crippen LogP contribution < -0.4 is 14.8 Å². The van der Waals surface area contributed by atoms with E-state index in [0.29, 0.717) is 12.3 Å². The Balaban J connectivity index is 1.59. The number of nitrogens with one attached hydrogen (secondary N) is 1. The lowest BCUT2D eigenvalue weighted by Gasteiger charge is -2.31. The van der Waals surface area contributed by atoms with Crippen molar-refractivity contribution in [2.75, 3.05) is 33.4 Å². The Bertz CT molecular complexity index is 774. The molecule has 0 aliphatic carbocycles. The molecule has 6 heteroatoms. The van der Waals surface area contributed by atoms with Gasteiger partial charge in [-0.25, -0.2) is 0 Å². The predicted molar refractivity (Wildman–Crippen MR) is 116 cm³/mol. The second-order valence-electron chi connectivity index (χ2n) is 7.26. The van der Waals surface area contributed by atoms with E-state index in [-0.39, 0.29) is 18.6 Å². The summed E-state index contributed by atoms with van der Waals surface area (Å²) in [6, 6.07) is 15.2. The molecule has 1 saturated heterocycles. The average molecular weight is 417 g/mol. The van der Waals surface area contributed by atoms with Gasteiger partial charge in [0.1, 0.15) is 11.5 Å². The first-order chi connectivity index (χ1) is 14.2. The Morgan fingerprint density at radius 2 is 1.69 bits per heavy atom. The van der Waals surface area contributed by atoms with E-state index < -0.39 is 0 Å². The molecule has 1 aliphatic heterocycles. The van der Waals surface area contributed by atoms with E-state index in [1.165, 1.54) is 25.7 Å². The Morgan fingerprint density at radius 1 is 1.03 bits per heavy atom. The van der Waals surface area contributed by atoms with Gasteiger partial charge in [-0.05, 0) is 61.8 Å². The van der Waals surface area contributed by atoms with Crippen LogP contribution in [0, 0.1) is 0 Å². The minimum atomic E-state index is -0.146. The molecule has 0 saturated carbocycles. The summed E-state index contributed by atoms with van der Waals surface area (Å²) in [5, 5.41) is 3.77. The highest BCUT2D eigenvalue weighted by Crippen LogP contribution is 2.29. The molecule has 1 atom stereocenters. The van der Waals surface area contributed by atoms with Crippen LogP contribution >= 0.6 is 11.6 Å². The van der Waals surface area contributed by atoms with Gasteiger partial charge in [0, 0.05) is 11.6 Å². The smallest absolute Gasteiger partial charge is 0.258 e. The topological polar surface area (TPSA) is 50.8 Å². The minimum absolute atomic E-state index is 0.0262.